The summed E-state index contributed by atoms with van der Waals surface area (Å²) in [5, 5.41) is 1.19. The highest BCUT2D eigenvalue weighted by molar-refractivity contribution is 6.05. The maximum atomic E-state index is 4.66. The SMILES string of the molecule is Cc1ccc2c(c1)[nH]c1c2nc2ccccn21. The van der Waals surface area contributed by atoms with E-state index in [9.17, 15) is 0 Å². The van der Waals surface area contributed by atoms with Crippen molar-refractivity contribution in [3.63, 3.8) is 0 Å². The average Bonchev–Trinajstić information content (AvgIpc) is 2.84. The average molecular weight is 221 g/mol. The molecular weight excluding hydrogens is 210 g/mol. The minimum atomic E-state index is 0.983. The molecule has 0 spiro atoms. The third kappa shape index (κ3) is 1.08. The van der Waals surface area contributed by atoms with E-state index in [0.29, 0.717) is 0 Å². The summed E-state index contributed by atoms with van der Waals surface area (Å²) in [5.74, 6) is 0. The molecule has 0 amide bonds. The van der Waals surface area contributed by atoms with E-state index in [4.69, 9.17) is 0 Å². The Morgan fingerprint density at radius 1 is 1.18 bits per heavy atom. The number of H-pyrrole nitrogens is 1. The van der Waals surface area contributed by atoms with Crippen LogP contribution < -0.4 is 0 Å². The van der Waals surface area contributed by atoms with Gasteiger partial charge < -0.3 is 4.98 Å². The molecule has 1 N–H and O–H groups in total. The van der Waals surface area contributed by atoms with Crippen molar-refractivity contribution in [2.45, 2.75) is 6.92 Å². The van der Waals surface area contributed by atoms with Crippen LogP contribution in [-0.2, 0) is 0 Å². The fraction of sp³-hybridized carbons (Fsp3) is 0.0714. The molecule has 0 aliphatic heterocycles. The number of aromatic nitrogens is 3. The monoisotopic (exact) mass is 221 g/mol. The van der Waals surface area contributed by atoms with Crippen molar-refractivity contribution in [1.29, 1.82) is 0 Å². The molecule has 3 aromatic heterocycles. The molecule has 3 nitrogen and oxygen atoms in total. The topological polar surface area (TPSA) is 33.1 Å². The van der Waals surface area contributed by atoms with Gasteiger partial charge in [-0.3, -0.25) is 4.40 Å². The van der Waals surface area contributed by atoms with E-state index in [1.54, 1.807) is 0 Å². The largest absolute Gasteiger partial charge is 0.339 e. The van der Waals surface area contributed by atoms with Crippen molar-refractivity contribution in [2.24, 2.45) is 0 Å². The molecule has 0 aliphatic carbocycles. The van der Waals surface area contributed by atoms with Crippen LogP contribution in [0.1, 0.15) is 5.56 Å². The second kappa shape index (κ2) is 2.88. The van der Waals surface area contributed by atoms with Crippen molar-refractivity contribution >= 4 is 27.7 Å². The maximum Gasteiger partial charge on any atom is 0.143 e. The molecule has 0 fully saturated rings. The van der Waals surface area contributed by atoms with Crippen molar-refractivity contribution in [3.05, 3.63) is 48.2 Å². The lowest BCUT2D eigenvalue weighted by atomic mass is 10.2. The Morgan fingerprint density at radius 3 is 3.06 bits per heavy atom. The van der Waals surface area contributed by atoms with Crippen LogP contribution in [-0.4, -0.2) is 14.4 Å². The second-order valence-electron chi connectivity index (χ2n) is 4.41. The fourth-order valence-electron chi connectivity index (χ4n) is 2.40. The summed E-state index contributed by atoms with van der Waals surface area (Å²) in [4.78, 5) is 8.11. The number of nitrogens with zero attached hydrogens (tertiary/aromatic N) is 2. The van der Waals surface area contributed by atoms with Gasteiger partial charge in [0.1, 0.15) is 16.8 Å². The van der Waals surface area contributed by atoms with E-state index in [2.05, 4.69) is 39.5 Å². The molecule has 0 unspecified atom stereocenters. The number of rotatable bonds is 0. The van der Waals surface area contributed by atoms with Gasteiger partial charge in [-0.15, -0.1) is 0 Å². The Bertz CT molecular complexity index is 852. The molecule has 0 saturated carbocycles. The number of imidazole rings is 1. The van der Waals surface area contributed by atoms with E-state index in [1.165, 1.54) is 10.9 Å². The predicted molar refractivity (Wildman–Crippen MR) is 69.3 cm³/mol. The van der Waals surface area contributed by atoms with Crippen LogP contribution in [0.2, 0.25) is 0 Å². The van der Waals surface area contributed by atoms with E-state index in [-0.39, 0.29) is 0 Å². The zero-order valence-electron chi connectivity index (χ0n) is 9.44. The number of pyridine rings is 1. The van der Waals surface area contributed by atoms with Gasteiger partial charge in [-0.2, -0.15) is 0 Å². The molecule has 17 heavy (non-hydrogen) atoms. The van der Waals surface area contributed by atoms with E-state index in [1.807, 2.05) is 24.4 Å². The highest BCUT2D eigenvalue weighted by Gasteiger charge is 2.10. The predicted octanol–water partition coefficient (Wildman–Crippen LogP) is 3.28. The quantitative estimate of drug-likeness (QED) is 0.485. The molecule has 0 aliphatic rings. The summed E-state index contributed by atoms with van der Waals surface area (Å²) in [6.45, 7) is 2.10. The summed E-state index contributed by atoms with van der Waals surface area (Å²) in [7, 11) is 0. The zero-order chi connectivity index (χ0) is 11.4. The maximum absolute atomic E-state index is 4.66. The summed E-state index contributed by atoms with van der Waals surface area (Å²) < 4.78 is 2.09. The molecule has 1 aromatic carbocycles. The number of hydrogen-bond donors (Lipinski definition) is 1. The third-order valence-corrected chi connectivity index (χ3v) is 3.21. The van der Waals surface area contributed by atoms with Crippen LogP contribution in [0.4, 0.5) is 0 Å². The van der Waals surface area contributed by atoms with Crippen LogP contribution in [0.25, 0.3) is 27.7 Å². The van der Waals surface area contributed by atoms with Crippen LogP contribution in [0.15, 0.2) is 42.6 Å². The van der Waals surface area contributed by atoms with Crippen molar-refractivity contribution in [3.8, 4) is 0 Å². The van der Waals surface area contributed by atoms with Crippen LogP contribution >= 0.6 is 0 Å². The van der Waals surface area contributed by atoms with Gasteiger partial charge in [0.05, 0.1) is 0 Å². The lowest BCUT2D eigenvalue weighted by molar-refractivity contribution is 1.20. The number of aryl methyl sites for hydroxylation is 1. The van der Waals surface area contributed by atoms with Crippen LogP contribution in [0, 0.1) is 6.92 Å². The highest BCUT2D eigenvalue weighted by Crippen LogP contribution is 2.26. The zero-order valence-corrected chi connectivity index (χ0v) is 9.44. The first-order valence-electron chi connectivity index (χ1n) is 5.68. The molecule has 82 valence electrons. The van der Waals surface area contributed by atoms with E-state index >= 15 is 0 Å². The van der Waals surface area contributed by atoms with Crippen molar-refractivity contribution in [1.82, 2.24) is 14.4 Å². The third-order valence-electron chi connectivity index (χ3n) is 3.21. The van der Waals surface area contributed by atoms with Gasteiger partial charge >= 0.3 is 0 Å². The van der Waals surface area contributed by atoms with Crippen LogP contribution in [0.3, 0.4) is 0 Å². The van der Waals surface area contributed by atoms with Crippen molar-refractivity contribution < 1.29 is 0 Å². The van der Waals surface area contributed by atoms with Gasteiger partial charge in [0.25, 0.3) is 0 Å². The molecule has 3 heteroatoms. The molecule has 0 atom stereocenters. The molecule has 0 bridgehead atoms. The van der Waals surface area contributed by atoms with Gasteiger partial charge in [-0.1, -0.05) is 18.2 Å². The lowest BCUT2D eigenvalue weighted by Gasteiger charge is -1.93. The smallest absolute Gasteiger partial charge is 0.143 e. The number of hydrogen-bond acceptors (Lipinski definition) is 1. The van der Waals surface area contributed by atoms with E-state index < -0.39 is 0 Å². The molecule has 4 aromatic rings. The Kier molecular flexibility index (Phi) is 1.50. The molecule has 4 rings (SSSR count). The first kappa shape index (κ1) is 8.82. The molecule has 0 saturated heterocycles. The summed E-state index contributed by atoms with van der Waals surface area (Å²) in [5.41, 5.74) is 5.51. The van der Waals surface area contributed by atoms with Crippen LogP contribution in [0.5, 0.6) is 0 Å². The van der Waals surface area contributed by atoms with Crippen molar-refractivity contribution in [2.75, 3.05) is 0 Å². The Balaban J connectivity index is 2.29. The van der Waals surface area contributed by atoms with Gasteiger partial charge in [0.15, 0.2) is 0 Å². The van der Waals surface area contributed by atoms with Gasteiger partial charge in [-0.25, -0.2) is 4.98 Å². The summed E-state index contributed by atoms with van der Waals surface area (Å²) >= 11 is 0. The number of nitrogens with one attached hydrogen (secondary N) is 1. The first-order chi connectivity index (χ1) is 8.33. The number of benzene rings is 1. The first-order valence-corrected chi connectivity index (χ1v) is 5.68. The number of fused-ring (bicyclic) bond motifs is 5. The summed E-state index contributed by atoms with van der Waals surface area (Å²) in [6.07, 6.45) is 2.03. The Labute approximate surface area is 97.7 Å². The standard InChI is InChI=1S/C14H11N3/c1-9-5-6-10-11(8-9)15-14-13(10)16-12-4-2-3-7-17(12)14/h2-8,15H,1H3. The molecular formula is C14H11N3. The Morgan fingerprint density at radius 2 is 2.12 bits per heavy atom. The number of aromatic amines is 1. The molecule has 0 radical (unpaired) electrons. The van der Waals surface area contributed by atoms with E-state index in [0.717, 1.165) is 22.3 Å². The van der Waals surface area contributed by atoms with Gasteiger partial charge in [-0.05, 0) is 30.7 Å². The minimum Gasteiger partial charge on any atom is -0.339 e. The Hall–Kier alpha value is -2.29. The molecule has 3 heterocycles. The minimum absolute atomic E-state index is 0.983. The fourth-order valence-corrected chi connectivity index (χ4v) is 2.40. The second-order valence-corrected chi connectivity index (χ2v) is 4.41. The normalized spacial score (nSPS) is 11.8. The van der Waals surface area contributed by atoms with Gasteiger partial charge in [0.2, 0.25) is 0 Å². The van der Waals surface area contributed by atoms with Gasteiger partial charge in [0, 0.05) is 17.1 Å². The lowest BCUT2D eigenvalue weighted by Crippen LogP contribution is -1.82. The summed E-state index contributed by atoms with van der Waals surface area (Å²) in [6, 6.07) is 12.5. The highest BCUT2D eigenvalue weighted by atomic mass is 15.1.